The summed E-state index contributed by atoms with van der Waals surface area (Å²) in [5.41, 5.74) is 0. The molecule has 2 nitrogen and oxygen atoms in total. The third-order valence-electron chi connectivity index (χ3n) is 4.18. The molecule has 15 heavy (non-hydrogen) atoms. The molecular formula is C13H25NO. The van der Waals surface area contributed by atoms with Crippen molar-refractivity contribution in [2.45, 2.75) is 32.6 Å². The van der Waals surface area contributed by atoms with Crippen LogP contribution in [0, 0.1) is 17.8 Å². The van der Waals surface area contributed by atoms with Gasteiger partial charge in [-0.05, 0) is 50.0 Å². The molecule has 1 saturated carbocycles. The fourth-order valence-corrected chi connectivity index (χ4v) is 3.51. The summed E-state index contributed by atoms with van der Waals surface area (Å²) in [6.07, 6.45) is 5.56. The van der Waals surface area contributed by atoms with Crippen molar-refractivity contribution in [2.75, 3.05) is 33.4 Å². The van der Waals surface area contributed by atoms with Gasteiger partial charge in [0.05, 0.1) is 0 Å². The molecule has 1 saturated heterocycles. The quantitative estimate of drug-likeness (QED) is 0.708. The predicted molar refractivity (Wildman–Crippen MR) is 62.9 cm³/mol. The molecule has 1 heterocycles. The van der Waals surface area contributed by atoms with Gasteiger partial charge in [-0.3, -0.25) is 0 Å². The van der Waals surface area contributed by atoms with Crippen molar-refractivity contribution in [1.82, 2.24) is 4.90 Å². The third kappa shape index (κ3) is 2.73. The number of hydrogen-bond acceptors (Lipinski definition) is 2. The Labute approximate surface area is 94.0 Å². The van der Waals surface area contributed by atoms with E-state index in [4.69, 9.17) is 4.74 Å². The molecule has 0 aromatic rings. The van der Waals surface area contributed by atoms with Crippen LogP contribution >= 0.6 is 0 Å². The molecule has 1 aliphatic carbocycles. The summed E-state index contributed by atoms with van der Waals surface area (Å²) < 4.78 is 5.29. The molecule has 2 fully saturated rings. The molecule has 2 rings (SSSR count). The summed E-state index contributed by atoms with van der Waals surface area (Å²) in [4.78, 5) is 2.67. The maximum Gasteiger partial charge on any atom is 0.0490 e. The summed E-state index contributed by atoms with van der Waals surface area (Å²) in [6, 6.07) is 0. The number of fused-ring (bicyclic) bond motifs is 1. The zero-order chi connectivity index (χ0) is 10.7. The van der Waals surface area contributed by atoms with E-state index in [0.717, 1.165) is 24.4 Å². The SMILES string of the molecule is CCCN1CC2CCC(COC)CC2C1. The normalized spacial score (nSPS) is 36.8. The molecule has 0 aromatic carbocycles. The van der Waals surface area contributed by atoms with Crippen molar-refractivity contribution >= 4 is 0 Å². The van der Waals surface area contributed by atoms with Gasteiger partial charge in [0.2, 0.25) is 0 Å². The van der Waals surface area contributed by atoms with Gasteiger partial charge in [-0.2, -0.15) is 0 Å². The van der Waals surface area contributed by atoms with Crippen molar-refractivity contribution in [3.63, 3.8) is 0 Å². The lowest BCUT2D eigenvalue weighted by Crippen LogP contribution is -2.25. The van der Waals surface area contributed by atoms with E-state index in [1.807, 2.05) is 7.11 Å². The van der Waals surface area contributed by atoms with Gasteiger partial charge >= 0.3 is 0 Å². The molecule has 1 aliphatic heterocycles. The number of methoxy groups -OCH3 is 1. The maximum absolute atomic E-state index is 5.29. The van der Waals surface area contributed by atoms with E-state index in [1.165, 1.54) is 45.3 Å². The average molecular weight is 211 g/mol. The molecule has 0 bridgehead atoms. The Bertz CT molecular complexity index is 191. The summed E-state index contributed by atoms with van der Waals surface area (Å²) in [5, 5.41) is 0. The topological polar surface area (TPSA) is 12.5 Å². The second kappa shape index (κ2) is 5.31. The lowest BCUT2D eigenvalue weighted by atomic mass is 9.76. The molecule has 2 heteroatoms. The fraction of sp³-hybridized carbons (Fsp3) is 1.00. The van der Waals surface area contributed by atoms with Gasteiger partial charge in [0.25, 0.3) is 0 Å². The van der Waals surface area contributed by atoms with Crippen molar-refractivity contribution in [2.24, 2.45) is 17.8 Å². The van der Waals surface area contributed by atoms with E-state index in [1.54, 1.807) is 0 Å². The summed E-state index contributed by atoms with van der Waals surface area (Å²) in [5.74, 6) is 2.83. The lowest BCUT2D eigenvalue weighted by molar-refractivity contribution is 0.104. The zero-order valence-electron chi connectivity index (χ0n) is 10.2. The molecule has 3 unspecified atom stereocenters. The van der Waals surface area contributed by atoms with Gasteiger partial charge < -0.3 is 9.64 Å². The monoisotopic (exact) mass is 211 g/mol. The number of ether oxygens (including phenoxy) is 1. The number of rotatable bonds is 4. The van der Waals surface area contributed by atoms with E-state index >= 15 is 0 Å². The first-order valence-electron chi connectivity index (χ1n) is 6.54. The highest BCUT2D eigenvalue weighted by Gasteiger charge is 2.36. The third-order valence-corrected chi connectivity index (χ3v) is 4.18. The summed E-state index contributed by atoms with van der Waals surface area (Å²) in [7, 11) is 1.84. The van der Waals surface area contributed by atoms with Crippen LogP contribution in [0.3, 0.4) is 0 Å². The molecule has 0 aromatic heterocycles. The minimum Gasteiger partial charge on any atom is -0.384 e. The Morgan fingerprint density at radius 1 is 1.20 bits per heavy atom. The van der Waals surface area contributed by atoms with Crippen molar-refractivity contribution < 1.29 is 4.74 Å². The second-order valence-corrected chi connectivity index (χ2v) is 5.41. The van der Waals surface area contributed by atoms with E-state index in [9.17, 15) is 0 Å². The second-order valence-electron chi connectivity index (χ2n) is 5.41. The standard InChI is InChI=1S/C13H25NO/c1-3-6-14-8-12-5-4-11(10-15-2)7-13(12)9-14/h11-13H,3-10H2,1-2H3. The summed E-state index contributed by atoms with van der Waals surface area (Å²) >= 11 is 0. The Kier molecular flexibility index (Phi) is 4.04. The molecule has 0 amide bonds. The van der Waals surface area contributed by atoms with Crippen molar-refractivity contribution in [3.05, 3.63) is 0 Å². The Morgan fingerprint density at radius 2 is 2.00 bits per heavy atom. The first kappa shape index (κ1) is 11.4. The largest absolute Gasteiger partial charge is 0.384 e. The number of nitrogens with zero attached hydrogens (tertiary/aromatic N) is 1. The van der Waals surface area contributed by atoms with Gasteiger partial charge in [0, 0.05) is 26.8 Å². The summed E-state index contributed by atoms with van der Waals surface area (Å²) in [6.45, 7) is 7.31. The van der Waals surface area contributed by atoms with Gasteiger partial charge in [0.1, 0.15) is 0 Å². The first-order chi connectivity index (χ1) is 7.33. The van der Waals surface area contributed by atoms with Crippen LogP contribution in [-0.2, 0) is 4.74 Å². The first-order valence-corrected chi connectivity index (χ1v) is 6.54. The Balaban J connectivity index is 1.81. The number of hydrogen-bond donors (Lipinski definition) is 0. The molecule has 0 radical (unpaired) electrons. The Hall–Kier alpha value is -0.0800. The van der Waals surface area contributed by atoms with E-state index < -0.39 is 0 Å². The zero-order valence-corrected chi connectivity index (χ0v) is 10.2. The minimum atomic E-state index is 0.845. The van der Waals surface area contributed by atoms with Gasteiger partial charge in [0.15, 0.2) is 0 Å². The molecule has 2 aliphatic rings. The van der Waals surface area contributed by atoms with Crippen LogP contribution in [0.1, 0.15) is 32.6 Å². The minimum absolute atomic E-state index is 0.845. The van der Waals surface area contributed by atoms with Crippen LogP contribution < -0.4 is 0 Å². The Morgan fingerprint density at radius 3 is 2.73 bits per heavy atom. The van der Waals surface area contributed by atoms with E-state index in [-0.39, 0.29) is 0 Å². The van der Waals surface area contributed by atoms with Crippen LogP contribution in [0.15, 0.2) is 0 Å². The highest BCUT2D eigenvalue weighted by Crippen LogP contribution is 2.38. The smallest absolute Gasteiger partial charge is 0.0490 e. The highest BCUT2D eigenvalue weighted by molar-refractivity contribution is 4.89. The highest BCUT2D eigenvalue weighted by atomic mass is 16.5. The number of likely N-dealkylation sites (tertiary alicyclic amines) is 1. The van der Waals surface area contributed by atoms with Crippen LogP contribution in [0.4, 0.5) is 0 Å². The van der Waals surface area contributed by atoms with Crippen LogP contribution in [0.25, 0.3) is 0 Å². The maximum atomic E-state index is 5.29. The molecular weight excluding hydrogens is 186 g/mol. The average Bonchev–Trinajstić information content (AvgIpc) is 2.60. The van der Waals surface area contributed by atoms with Gasteiger partial charge in [-0.25, -0.2) is 0 Å². The van der Waals surface area contributed by atoms with Crippen molar-refractivity contribution in [3.8, 4) is 0 Å². The lowest BCUT2D eigenvalue weighted by Gasteiger charge is -2.30. The predicted octanol–water partition coefficient (Wildman–Crippen LogP) is 2.39. The molecule has 0 N–H and O–H groups in total. The molecule has 3 atom stereocenters. The van der Waals surface area contributed by atoms with Gasteiger partial charge in [-0.15, -0.1) is 0 Å². The van der Waals surface area contributed by atoms with Gasteiger partial charge in [-0.1, -0.05) is 6.92 Å². The van der Waals surface area contributed by atoms with E-state index in [2.05, 4.69) is 11.8 Å². The van der Waals surface area contributed by atoms with Crippen LogP contribution in [0.5, 0.6) is 0 Å². The van der Waals surface area contributed by atoms with Crippen molar-refractivity contribution in [1.29, 1.82) is 0 Å². The molecule has 88 valence electrons. The molecule has 0 spiro atoms. The fourth-order valence-electron chi connectivity index (χ4n) is 3.51. The van der Waals surface area contributed by atoms with E-state index in [0.29, 0.717) is 0 Å². The van der Waals surface area contributed by atoms with Crippen LogP contribution in [0.2, 0.25) is 0 Å². The van der Waals surface area contributed by atoms with Crippen LogP contribution in [-0.4, -0.2) is 38.3 Å².